The minimum Gasteiger partial charge on any atom is -0.308 e. The van der Waals surface area contributed by atoms with Gasteiger partial charge in [0.25, 0.3) is 0 Å². The molecule has 0 amide bonds. The molecule has 0 aliphatic carbocycles. The van der Waals surface area contributed by atoms with Crippen LogP contribution < -0.4 is 11.0 Å². The van der Waals surface area contributed by atoms with Crippen molar-refractivity contribution in [3.05, 3.63) is 34.2 Å². The van der Waals surface area contributed by atoms with Crippen molar-refractivity contribution in [3.8, 4) is 0 Å². The highest BCUT2D eigenvalue weighted by molar-refractivity contribution is 5.77. The van der Waals surface area contributed by atoms with Crippen LogP contribution in [0.2, 0.25) is 0 Å². The molecular formula is C13H15F4N3O. The van der Waals surface area contributed by atoms with E-state index >= 15 is 0 Å². The van der Waals surface area contributed by atoms with E-state index in [2.05, 4.69) is 5.32 Å². The van der Waals surface area contributed by atoms with Crippen molar-refractivity contribution in [3.63, 3.8) is 0 Å². The summed E-state index contributed by atoms with van der Waals surface area (Å²) >= 11 is 0. The van der Waals surface area contributed by atoms with Gasteiger partial charge in [-0.15, -0.1) is 0 Å². The maximum Gasteiger partial charge on any atom is 0.328 e. The van der Waals surface area contributed by atoms with Gasteiger partial charge in [0.1, 0.15) is 6.04 Å². The highest BCUT2D eigenvalue weighted by atomic mass is 19.3. The molecule has 0 radical (unpaired) electrons. The number of fused-ring (bicyclic) bond motifs is 1. The summed E-state index contributed by atoms with van der Waals surface area (Å²) in [5.74, 6) is -4.21. The van der Waals surface area contributed by atoms with Crippen molar-refractivity contribution in [2.24, 2.45) is 14.1 Å². The van der Waals surface area contributed by atoms with Crippen LogP contribution in [0.15, 0.2) is 23.0 Å². The fourth-order valence-corrected chi connectivity index (χ4v) is 2.41. The maximum atomic E-state index is 13.6. The van der Waals surface area contributed by atoms with Crippen LogP contribution in [0.5, 0.6) is 0 Å². The molecule has 0 aliphatic heterocycles. The third-order valence-electron chi connectivity index (χ3n) is 3.59. The number of hydrogen-bond donors (Lipinski definition) is 1. The maximum absolute atomic E-state index is 13.6. The van der Waals surface area contributed by atoms with Crippen LogP contribution in [-0.4, -0.2) is 28.5 Å². The van der Waals surface area contributed by atoms with Crippen molar-refractivity contribution >= 4 is 11.0 Å². The summed E-state index contributed by atoms with van der Waals surface area (Å²) in [4.78, 5) is 11.8. The Balaban J connectivity index is 2.61. The van der Waals surface area contributed by atoms with E-state index in [0.717, 1.165) is 0 Å². The molecule has 1 aromatic carbocycles. The molecule has 2 rings (SSSR count). The molecule has 1 N–H and O–H groups in total. The predicted molar refractivity (Wildman–Crippen MR) is 70.9 cm³/mol. The second-order valence-electron chi connectivity index (χ2n) is 4.85. The molecule has 8 heteroatoms. The Morgan fingerprint density at radius 2 is 1.71 bits per heavy atom. The molecule has 1 atom stereocenters. The minimum atomic E-state index is -4.21. The topological polar surface area (TPSA) is 39.0 Å². The zero-order valence-corrected chi connectivity index (χ0v) is 11.7. The molecule has 0 spiro atoms. The Morgan fingerprint density at radius 1 is 1.14 bits per heavy atom. The van der Waals surface area contributed by atoms with Crippen LogP contribution in [0.1, 0.15) is 11.6 Å². The molecule has 0 fully saturated rings. The largest absolute Gasteiger partial charge is 0.328 e. The first-order valence-corrected chi connectivity index (χ1v) is 6.20. The van der Waals surface area contributed by atoms with Crippen molar-refractivity contribution in [2.75, 3.05) is 7.05 Å². The Hall–Kier alpha value is -1.83. The Labute approximate surface area is 118 Å². The smallest absolute Gasteiger partial charge is 0.308 e. The van der Waals surface area contributed by atoms with Gasteiger partial charge in [-0.1, -0.05) is 6.07 Å². The van der Waals surface area contributed by atoms with Crippen molar-refractivity contribution in [1.29, 1.82) is 0 Å². The summed E-state index contributed by atoms with van der Waals surface area (Å²) in [5, 5.41) is 2.22. The van der Waals surface area contributed by atoms with Gasteiger partial charge in [-0.25, -0.2) is 13.6 Å². The van der Waals surface area contributed by atoms with Gasteiger partial charge in [0.15, 0.2) is 0 Å². The number of benzene rings is 1. The van der Waals surface area contributed by atoms with E-state index in [0.29, 0.717) is 11.0 Å². The lowest BCUT2D eigenvalue weighted by Gasteiger charge is -2.26. The number of nitrogens with zero attached hydrogens (tertiary/aromatic N) is 2. The molecule has 21 heavy (non-hydrogen) atoms. The van der Waals surface area contributed by atoms with E-state index in [1.54, 1.807) is 7.05 Å². The van der Waals surface area contributed by atoms with Gasteiger partial charge in [-0.3, -0.25) is 9.13 Å². The summed E-state index contributed by atoms with van der Waals surface area (Å²) in [6.07, 6.45) is -3.79. The lowest BCUT2D eigenvalue weighted by molar-refractivity contribution is -0.150. The van der Waals surface area contributed by atoms with E-state index < -0.39 is 18.4 Å². The van der Waals surface area contributed by atoms with E-state index in [1.807, 2.05) is 0 Å². The molecule has 4 nitrogen and oxygen atoms in total. The van der Waals surface area contributed by atoms with E-state index in [9.17, 15) is 22.4 Å². The predicted octanol–water partition coefficient (Wildman–Crippen LogP) is 2.04. The molecule has 2 aromatic rings. The lowest BCUT2D eigenvalue weighted by atomic mass is 10.00. The Bertz CT molecular complexity index is 720. The zero-order chi connectivity index (χ0) is 15.9. The highest BCUT2D eigenvalue weighted by Gasteiger charge is 2.48. The number of aryl methyl sites for hydroxylation is 2. The number of hydrogen-bond acceptors (Lipinski definition) is 2. The SMILES string of the molecule is CNC(c1ccc2c(c1)n(C)c(=O)n2C)C(F)(F)C(F)F. The van der Waals surface area contributed by atoms with Crippen LogP contribution in [-0.2, 0) is 14.1 Å². The standard InChI is InChI=1S/C13H15F4N3O/c1-18-10(13(16,17)11(14)15)7-4-5-8-9(6-7)20(3)12(21)19(8)2/h4-6,10-11,18H,1-3H3. The molecule has 0 saturated carbocycles. The normalized spacial score (nSPS) is 14.1. The van der Waals surface area contributed by atoms with Gasteiger partial charge in [0.05, 0.1) is 11.0 Å². The average molecular weight is 305 g/mol. The first-order valence-electron chi connectivity index (χ1n) is 6.20. The van der Waals surface area contributed by atoms with E-state index in [1.165, 1.54) is 41.4 Å². The van der Waals surface area contributed by atoms with Crippen molar-refractivity contribution in [2.45, 2.75) is 18.4 Å². The van der Waals surface area contributed by atoms with Crippen molar-refractivity contribution in [1.82, 2.24) is 14.5 Å². The fourth-order valence-electron chi connectivity index (χ4n) is 2.41. The Kier molecular flexibility index (Phi) is 3.83. The van der Waals surface area contributed by atoms with Gasteiger partial charge in [0, 0.05) is 14.1 Å². The zero-order valence-electron chi connectivity index (χ0n) is 11.7. The van der Waals surface area contributed by atoms with E-state index in [4.69, 9.17) is 0 Å². The minimum absolute atomic E-state index is 0.00324. The van der Waals surface area contributed by atoms with Crippen molar-refractivity contribution < 1.29 is 17.6 Å². The quantitative estimate of drug-likeness (QED) is 0.878. The van der Waals surface area contributed by atoms with E-state index in [-0.39, 0.29) is 11.3 Å². The van der Waals surface area contributed by atoms with Crippen LogP contribution in [0.3, 0.4) is 0 Å². The monoisotopic (exact) mass is 305 g/mol. The summed E-state index contributed by atoms with van der Waals surface area (Å²) in [5.41, 5.74) is 0.632. The van der Waals surface area contributed by atoms with Crippen LogP contribution >= 0.6 is 0 Å². The fraction of sp³-hybridized carbons (Fsp3) is 0.462. The first kappa shape index (κ1) is 15.6. The number of nitrogens with one attached hydrogen (secondary N) is 1. The number of imidazole rings is 1. The number of rotatable bonds is 4. The second-order valence-corrected chi connectivity index (χ2v) is 4.85. The molecule has 1 heterocycles. The lowest BCUT2D eigenvalue weighted by Crippen LogP contribution is -2.41. The molecule has 116 valence electrons. The summed E-state index contributed by atoms with van der Waals surface area (Å²) < 4.78 is 54.9. The summed E-state index contributed by atoms with van der Waals surface area (Å²) in [6.45, 7) is 0. The third kappa shape index (κ3) is 2.33. The molecule has 1 unspecified atom stereocenters. The molecule has 0 aliphatic rings. The average Bonchev–Trinajstić information content (AvgIpc) is 2.64. The van der Waals surface area contributed by atoms with Crippen LogP contribution in [0, 0.1) is 0 Å². The Morgan fingerprint density at radius 3 is 2.24 bits per heavy atom. The first-order chi connectivity index (χ1) is 9.71. The summed E-state index contributed by atoms with van der Waals surface area (Å²) in [7, 11) is 4.23. The van der Waals surface area contributed by atoms with Crippen LogP contribution in [0.25, 0.3) is 11.0 Å². The number of aromatic nitrogens is 2. The third-order valence-corrected chi connectivity index (χ3v) is 3.59. The van der Waals surface area contributed by atoms with Gasteiger partial charge in [-0.05, 0) is 24.7 Å². The van der Waals surface area contributed by atoms with Crippen LogP contribution in [0.4, 0.5) is 17.6 Å². The summed E-state index contributed by atoms with van der Waals surface area (Å²) in [6, 6.07) is 2.28. The van der Waals surface area contributed by atoms with Gasteiger partial charge in [0.2, 0.25) is 0 Å². The van der Waals surface area contributed by atoms with Gasteiger partial charge >= 0.3 is 18.0 Å². The van der Waals surface area contributed by atoms with Gasteiger partial charge in [-0.2, -0.15) is 8.78 Å². The molecule has 0 saturated heterocycles. The second kappa shape index (κ2) is 5.18. The molecule has 1 aromatic heterocycles. The molecular weight excluding hydrogens is 290 g/mol. The molecule has 0 bridgehead atoms. The van der Waals surface area contributed by atoms with Gasteiger partial charge < -0.3 is 5.32 Å². The number of alkyl halides is 4. The number of halogens is 4. The highest BCUT2D eigenvalue weighted by Crippen LogP contribution is 2.37.